The maximum atomic E-state index is 9.74. The average Bonchev–Trinajstić information content (AvgIpc) is 2.35. The van der Waals surface area contributed by atoms with Gasteiger partial charge in [-0.15, -0.1) is 0 Å². The Labute approximate surface area is 113 Å². The van der Waals surface area contributed by atoms with E-state index in [1.807, 2.05) is 26.0 Å². The molecule has 1 unspecified atom stereocenters. The lowest BCUT2D eigenvalue weighted by atomic mass is 10.1. The van der Waals surface area contributed by atoms with Gasteiger partial charge in [-0.1, -0.05) is 6.07 Å². The van der Waals surface area contributed by atoms with Gasteiger partial charge < -0.3 is 9.84 Å². The van der Waals surface area contributed by atoms with E-state index in [1.54, 1.807) is 19.2 Å². The smallest absolute Gasteiger partial charge is 0.225 e. The van der Waals surface area contributed by atoms with E-state index in [9.17, 15) is 5.11 Å². The Morgan fingerprint density at radius 1 is 1.21 bits per heavy atom. The number of aliphatic hydroxyl groups is 1. The van der Waals surface area contributed by atoms with E-state index in [-0.39, 0.29) is 0 Å². The van der Waals surface area contributed by atoms with Crippen LogP contribution in [0.2, 0.25) is 0 Å². The van der Waals surface area contributed by atoms with Gasteiger partial charge in [-0.3, -0.25) is 0 Å². The predicted octanol–water partition coefficient (Wildman–Crippen LogP) is 3.85. The summed E-state index contributed by atoms with van der Waals surface area (Å²) in [5.41, 5.74) is 4.12. The van der Waals surface area contributed by atoms with E-state index >= 15 is 0 Å². The van der Waals surface area contributed by atoms with E-state index in [0.29, 0.717) is 11.4 Å². The summed E-state index contributed by atoms with van der Waals surface area (Å²) in [6.07, 6.45) is 1.06. The SMILES string of the molecule is Cc1cc(C)c(C)c(Oc2ncccc2C(C)O)c1. The first-order chi connectivity index (χ1) is 8.99. The largest absolute Gasteiger partial charge is 0.438 e. The molecule has 1 aromatic heterocycles. The lowest BCUT2D eigenvalue weighted by Crippen LogP contribution is -1.99. The number of ether oxygens (including phenoxy) is 1. The highest BCUT2D eigenvalue weighted by Gasteiger charge is 2.12. The normalized spacial score (nSPS) is 12.3. The summed E-state index contributed by atoms with van der Waals surface area (Å²) in [5, 5.41) is 9.74. The first kappa shape index (κ1) is 13.6. The molecule has 0 fully saturated rings. The zero-order valence-electron chi connectivity index (χ0n) is 11.8. The molecular formula is C16H19NO2. The van der Waals surface area contributed by atoms with Crippen LogP contribution in [0.1, 0.15) is 35.3 Å². The van der Waals surface area contributed by atoms with E-state index < -0.39 is 6.10 Å². The summed E-state index contributed by atoms with van der Waals surface area (Å²) in [7, 11) is 0. The van der Waals surface area contributed by atoms with Gasteiger partial charge in [0.05, 0.1) is 6.10 Å². The molecule has 0 amide bonds. The first-order valence-corrected chi connectivity index (χ1v) is 6.37. The summed E-state index contributed by atoms with van der Waals surface area (Å²) >= 11 is 0. The minimum Gasteiger partial charge on any atom is -0.438 e. The van der Waals surface area contributed by atoms with Crippen LogP contribution in [0.3, 0.4) is 0 Å². The summed E-state index contributed by atoms with van der Waals surface area (Å²) < 4.78 is 5.89. The van der Waals surface area contributed by atoms with Crippen molar-refractivity contribution in [3.8, 4) is 11.6 Å². The number of pyridine rings is 1. The van der Waals surface area contributed by atoms with Gasteiger partial charge in [0, 0.05) is 11.8 Å². The number of hydrogen-bond donors (Lipinski definition) is 1. The van der Waals surface area contributed by atoms with Crippen molar-refractivity contribution < 1.29 is 9.84 Å². The molecule has 1 heterocycles. The molecule has 1 atom stereocenters. The molecule has 1 aromatic carbocycles. The number of aryl methyl sites for hydroxylation is 2. The molecule has 0 radical (unpaired) electrons. The van der Waals surface area contributed by atoms with Gasteiger partial charge in [-0.05, 0) is 62.6 Å². The quantitative estimate of drug-likeness (QED) is 0.908. The molecule has 0 aliphatic rings. The maximum absolute atomic E-state index is 9.74. The van der Waals surface area contributed by atoms with E-state index in [0.717, 1.165) is 16.9 Å². The van der Waals surface area contributed by atoms with Crippen molar-refractivity contribution in [2.45, 2.75) is 33.8 Å². The fourth-order valence-electron chi connectivity index (χ4n) is 2.02. The molecule has 3 nitrogen and oxygen atoms in total. The fraction of sp³-hybridized carbons (Fsp3) is 0.312. The molecule has 2 rings (SSSR count). The third kappa shape index (κ3) is 2.93. The van der Waals surface area contributed by atoms with Crippen LogP contribution in [0.25, 0.3) is 0 Å². The molecule has 0 spiro atoms. The second kappa shape index (κ2) is 5.41. The topological polar surface area (TPSA) is 42.4 Å². The number of benzene rings is 1. The van der Waals surface area contributed by atoms with Crippen LogP contribution in [-0.4, -0.2) is 10.1 Å². The Balaban J connectivity index is 2.42. The molecule has 19 heavy (non-hydrogen) atoms. The zero-order chi connectivity index (χ0) is 14.0. The number of rotatable bonds is 3. The molecule has 0 aliphatic carbocycles. The molecule has 0 saturated carbocycles. The van der Waals surface area contributed by atoms with Gasteiger partial charge in [-0.2, -0.15) is 0 Å². The van der Waals surface area contributed by atoms with Crippen LogP contribution in [-0.2, 0) is 0 Å². The Morgan fingerprint density at radius 3 is 2.63 bits per heavy atom. The van der Waals surface area contributed by atoms with Crippen molar-refractivity contribution in [2.75, 3.05) is 0 Å². The zero-order valence-corrected chi connectivity index (χ0v) is 11.8. The molecule has 3 heteroatoms. The van der Waals surface area contributed by atoms with E-state index in [2.05, 4.69) is 18.0 Å². The molecule has 2 aromatic rings. The van der Waals surface area contributed by atoms with Crippen molar-refractivity contribution in [1.29, 1.82) is 0 Å². The van der Waals surface area contributed by atoms with Crippen LogP contribution in [0.15, 0.2) is 30.5 Å². The van der Waals surface area contributed by atoms with Gasteiger partial charge in [-0.25, -0.2) is 4.98 Å². The number of hydrogen-bond acceptors (Lipinski definition) is 3. The number of aromatic nitrogens is 1. The highest BCUT2D eigenvalue weighted by molar-refractivity contribution is 5.44. The first-order valence-electron chi connectivity index (χ1n) is 6.37. The molecule has 100 valence electrons. The molecule has 0 bridgehead atoms. The Morgan fingerprint density at radius 2 is 1.95 bits per heavy atom. The lowest BCUT2D eigenvalue weighted by Gasteiger charge is -2.14. The Bertz CT molecular complexity index is 591. The summed E-state index contributed by atoms with van der Waals surface area (Å²) in [6.45, 7) is 7.82. The van der Waals surface area contributed by atoms with Crippen molar-refractivity contribution >= 4 is 0 Å². The van der Waals surface area contributed by atoms with Crippen LogP contribution in [0.4, 0.5) is 0 Å². The highest BCUT2D eigenvalue weighted by Crippen LogP contribution is 2.31. The molecule has 0 aliphatic heterocycles. The standard InChI is InChI=1S/C16H19NO2/c1-10-8-11(2)12(3)15(9-10)19-16-14(13(4)18)6-5-7-17-16/h5-9,13,18H,1-4H3. The second-order valence-corrected chi connectivity index (χ2v) is 4.88. The van der Waals surface area contributed by atoms with Crippen molar-refractivity contribution in [2.24, 2.45) is 0 Å². The third-order valence-electron chi connectivity index (χ3n) is 3.22. The number of nitrogens with zero attached hydrogens (tertiary/aromatic N) is 1. The van der Waals surface area contributed by atoms with Gasteiger partial charge >= 0.3 is 0 Å². The molecular weight excluding hydrogens is 238 g/mol. The van der Waals surface area contributed by atoms with Gasteiger partial charge in [0.25, 0.3) is 0 Å². The Kier molecular flexibility index (Phi) is 3.86. The predicted molar refractivity (Wildman–Crippen MR) is 75.6 cm³/mol. The fourth-order valence-corrected chi connectivity index (χ4v) is 2.02. The summed E-state index contributed by atoms with van der Waals surface area (Å²) in [4.78, 5) is 4.21. The van der Waals surface area contributed by atoms with Crippen molar-refractivity contribution in [1.82, 2.24) is 4.98 Å². The number of aliphatic hydroxyl groups excluding tert-OH is 1. The van der Waals surface area contributed by atoms with Gasteiger partial charge in [0.2, 0.25) is 5.88 Å². The van der Waals surface area contributed by atoms with Crippen LogP contribution in [0.5, 0.6) is 11.6 Å². The average molecular weight is 257 g/mol. The van der Waals surface area contributed by atoms with Crippen LogP contribution < -0.4 is 4.74 Å². The molecule has 0 saturated heterocycles. The van der Waals surface area contributed by atoms with E-state index in [4.69, 9.17) is 4.74 Å². The summed E-state index contributed by atoms with van der Waals surface area (Å²) in [5.74, 6) is 1.25. The molecule has 1 N–H and O–H groups in total. The van der Waals surface area contributed by atoms with Crippen LogP contribution in [0, 0.1) is 20.8 Å². The minimum absolute atomic E-state index is 0.464. The van der Waals surface area contributed by atoms with Gasteiger partial charge in [0.1, 0.15) is 5.75 Å². The highest BCUT2D eigenvalue weighted by atomic mass is 16.5. The van der Waals surface area contributed by atoms with E-state index in [1.165, 1.54) is 5.56 Å². The Hall–Kier alpha value is -1.87. The minimum atomic E-state index is -0.602. The monoisotopic (exact) mass is 257 g/mol. The third-order valence-corrected chi connectivity index (χ3v) is 3.22. The maximum Gasteiger partial charge on any atom is 0.225 e. The van der Waals surface area contributed by atoms with Crippen molar-refractivity contribution in [3.63, 3.8) is 0 Å². The second-order valence-electron chi connectivity index (χ2n) is 4.88. The van der Waals surface area contributed by atoms with Gasteiger partial charge in [0.15, 0.2) is 0 Å². The van der Waals surface area contributed by atoms with Crippen LogP contribution >= 0.6 is 0 Å². The van der Waals surface area contributed by atoms with Crippen molar-refractivity contribution in [3.05, 3.63) is 52.7 Å². The summed E-state index contributed by atoms with van der Waals surface area (Å²) in [6, 6.07) is 7.73. The lowest BCUT2D eigenvalue weighted by molar-refractivity contribution is 0.194.